The number of benzene rings is 1. The molecule has 1 aromatic carbocycles. The number of fused-ring (bicyclic) bond motifs is 2. The van der Waals surface area contributed by atoms with Crippen molar-refractivity contribution in [3.63, 3.8) is 0 Å². The summed E-state index contributed by atoms with van der Waals surface area (Å²) in [5, 5.41) is 0. The van der Waals surface area contributed by atoms with E-state index in [2.05, 4.69) is 0 Å². The average molecular weight is 236 g/mol. The molecule has 1 aliphatic carbocycles. The van der Waals surface area contributed by atoms with Crippen LogP contribution in [0.4, 0.5) is 4.39 Å². The molecule has 1 spiro atoms. The molecule has 17 heavy (non-hydrogen) atoms. The van der Waals surface area contributed by atoms with E-state index in [4.69, 9.17) is 9.47 Å². The fraction of sp³-hybridized carbons (Fsp3) is 0.462. The van der Waals surface area contributed by atoms with Crippen LogP contribution < -0.4 is 0 Å². The van der Waals surface area contributed by atoms with Crippen molar-refractivity contribution < 1.29 is 18.7 Å². The number of esters is 1. The Bertz CT molecular complexity index is 513. The van der Waals surface area contributed by atoms with E-state index in [9.17, 15) is 9.18 Å². The molecule has 0 N–H and O–H groups in total. The third kappa shape index (κ3) is 1.16. The first-order chi connectivity index (χ1) is 8.03. The Morgan fingerprint density at radius 2 is 2.29 bits per heavy atom. The minimum absolute atomic E-state index is 0.249. The smallest absolute Gasteiger partial charge is 0.341 e. The summed E-state index contributed by atoms with van der Waals surface area (Å²) in [5.41, 5.74) is 0.345. The Morgan fingerprint density at radius 3 is 3.00 bits per heavy atom. The maximum atomic E-state index is 13.1. The summed E-state index contributed by atoms with van der Waals surface area (Å²) in [6.07, 6.45) is 1.44. The molecule has 1 aromatic rings. The van der Waals surface area contributed by atoms with Gasteiger partial charge in [-0.15, -0.1) is 0 Å². The van der Waals surface area contributed by atoms with Crippen LogP contribution in [0.25, 0.3) is 0 Å². The van der Waals surface area contributed by atoms with E-state index < -0.39 is 11.2 Å². The van der Waals surface area contributed by atoms with Gasteiger partial charge in [-0.2, -0.15) is 0 Å². The molecule has 1 saturated heterocycles. The standard InChI is InChI=1S/C13H13FO3/c1-12(11(15)16-2)13(17-12)6-5-8-7-9(14)3-4-10(8)13/h3-4,7H,5-6H2,1-2H3. The Kier molecular flexibility index (Phi) is 1.94. The van der Waals surface area contributed by atoms with Crippen molar-refractivity contribution in [3.8, 4) is 0 Å². The molecule has 4 heteroatoms. The van der Waals surface area contributed by atoms with Crippen LogP contribution in [-0.4, -0.2) is 18.7 Å². The monoisotopic (exact) mass is 236 g/mol. The van der Waals surface area contributed by atoms with Gasteiger partial charge in [0.2, 0.25) is 0 Å². The second kappa shape index (κ2) is 3.07. The summed E-state index contributed by atoms with van der Waals surface area (Å²) in [5.74, 6) is -0.615. The fourth-order valence-corrected chi connectivity index (χ4v) is 2.93. The second-order valence-corrected chi connectivity index (χ2v) is 4.76. The highest BCUT2D eigenvalue weighted by Crippen LogP contribution is 2.62. The van der Waals surface area contributed by atoms with Crippen LogP contribution in [0.5, 0.6) is 0 Å². The number of epoxide rings is 1. The lowest BCUT2D eigenvalue weighted by molar-refractivity contribution is -0.146. The normalized spacial score (nSPS) is 33.6. The van der Waals surface area contributed by atoms with Crippen molar-refractivity contribution in [2.24, 2.45) is 0 Å². The molecule has 0 saturated carbocycles. The maximum Gasteiger partial charge on any atom is 0.341 e. The summed E-state index contributed by atoms with van der Waals surface area (Å²) in [4.78, 5) is 11.7. The first-order valence-corrected chi connectivity index (χ1v) is 5.61. The van der Waals surface area contributed by atoms with E-state index in [0.717, 1.165) is 17.5 Å². The number of rotatable bonds is 1. The van der Waals surface area contributed by atoms with Gasteiger partial charge >= 0.3 is 5.97 Å². The molecular formula is C13H13FO3. The second-order valence-electron chi connectivity index (χ2n) is 4.76. The van der Waals surface area contributed by atoms with Gasteiger partial charge in [0.15, 0.2) is 5.60 Å². The highest BCUT2D eigenvalue weighted by Gasteiger charge is 2.74. The van der Waals surface area contributed by atoms with Crippen LogP contribution in [0.1, 0.15) is 24.5 Å². The van der Waals surface area contributed by atoms with Crippen LogP contribution in [0.3, 0.4) is 0 Å². The molecule has 0 amide bonds. The molecule has 1 fully saturated rings. The van der Waals surface area contributed by atoms with Crippen LogP contribution in [-0.2, 0) is 26.3 Å². The summed E-state index contributed by atoms with van der Waals surface area (Å²) in [6.45, 7) is 1.73. The number of ether oxygens (including phenoxy) is 2. The van der Waals surface area contributed by atoms with E-state index in [0.29, 0.717) is 6.42 Å². The van der Waals surface area contributed by atoms with Crippen molar-refractivity contribution >= 4 is 5.97 Å². The van der Waals surface area contributed by atoms with E-state index in [-0.39, 0.29) is 11.8 Å². The number of carbonyl (C=O) groups excluding carboxylic acids is 1. The topological polar surface area (TPSA) is 38.8 Å². The molecule has 0 bridgehead atoms. The molecule has 2 unspecified atom stereocenters. The Hall–Kier alpha value is -1.42. The quantitative estimate of drug-likeness (QED) is 0.552. The number of aryl methyl sites for hydroxylation is 1. The zero-order chi connectivity index (χ0) is 12.3. The van der Waals surface area contributed by atoms with Crippen molar-refractivity contribution in [2.45, 2.75) is 31.0 Å². The predicted molar refractivity (Wildman–Crippen MR) is 57.9 cm³/mol. The summed E-state index contributed by atoms with van der Waals surface area (Å²) >= 11 is 0. The van der Waals surface area contributed by atoms with Crippen molar-refractivity contribution in [2.75, 3.05) is 7.11 Å². The largest absolute Gasteiger partial charge is 0.467 e. The van der Waals surface area contributed by atoms with Gasteiger partial charge in [-0.3, -0.25) is 0 Å². The molecule has 3 rings (SSSR count). The number of methoxy groups -OCH3 is 1. The summed E-state index contributed by atoms with van der Waals surface area (Å²) in [6, 6.07) is 4.64. The molecule has 3 nitrogen and oxygen atoms in total. The molecule has 2 atom stereocenters. The first-order valence-electron chi connectivity index (χ1n) is 5.61. The van der Waals surface area contributed by atoms with Gasteiger partial charge < -0.3 is 9.47 Å². The van der Waals surface area contributed by atoms with Gasteiger partial charge in [-0.1, -0.05) is 6.07 Å². The lowest BCUT2D eigenvalue weighted by atomic mass is 9.88. The van der Waals surface area contributed by atoms with E-state index in [1.807, 2.05) is 0 Å². The molecule has 0 aromatic heterocycles. The fourth-order valence-electron chi connectivity index (χ4n) is 2.93. The first kappa shape index (κ1) is 10.7. The highest BCUT2D eigenvalue weighted by atomic mass is 19.1. The van der Waals surface area contributed by atoms with Gasteiger partial charge in [0.25, 0.3) is 0 Å². The van der Waals surface area contributed by atoms with Gasteiger partial charge in [0, 0.05) is 0 Å². The molecule has 2 aliphatic rings. The Balaban J connectivity index is 2.04. The highest BCUT2D eigenvalue weighted by molar-refractivity contribution is 5.85. The average Bonchev–Trinajstić information content (AvgIpc) is 2.77. The van der Waals surface area contributed by atoms with Crippen LogP contribution in [0.2, 0.25) is 0 Å². The van der Waals surface area contributed by atoms with Crippen molar-refractivity contribution in [1.82, 2.24) is 0 Å². The Morgan fingerprint density at radius 1 is 1.53 bits per heavy atom. The lowest BCUT2D eigenvalue weighted by Crippen LogP contribution is -2.29. The molecule has 1 heterocycles. The van der Waals surface area contributed by atoms with Crippen molar-refractivity contribution in [1.29, 1.82) is 0 Å². The van der Waals surface area contributed by atoms with Crippen LogP contribution >= 0.6 is 0 Å². The van der Waals surface area contributed by atoms with Crippen molar-refractivity contribution in [3.05, 3.63) is 35.1 Å². The number of halogens is 1. The minimum Gasteiger partial charge on any atom is -0.467 e. The molecular weight excluding hydrogens is 223 g/mol. The third-order valence-corrected chi connectivity index (χ3v) is 3.93. The van der Waals surface area contributed by atoms with E-state index in [1.165, 1.54) is 19.2 Å². The predicted octanol–water partition coefficient (Wildman–Crippen LogP) is 1.93. The van der Waals surface area contributed by atoms with Gasteiger partial charge in [-0.05, 0) is 43.0 Å². The minimum atomic E-state index is -0.912. The van der Waals surface area contributed by atoms with E-state index in [1.54, 1.807) is 13.0 Å². The molecule has 90 valence electrons. The molecule has 1 aliphatic heterocycles. The number of hydrogen-bond acceptors (Lipinski definition) is 3. The van der Waals surface area contributed by atoms with Crippen LogP contribution in [0, 0.1) is 5.82 Å². The van der Waals surface area contributed by atoms with Gasteiger partial charge in [0.1, 0.15) is 11.4 Å². The van der Waals surface area contributed by atoms with Crippen LogP contribution in [0.15, 0.2) is 18.2 Å². The number of carbonyl (C=O) groups is 1. The Labute approximate surface area is 98.5 Å². The zero-order valence-corrected chi connectivity index (χ0v) is 9.75. The maximum absolute atomic E-state index is 13.1. The lowest BCUT2D eigenvalue weighted by Gasteiger charge is -2.10. The zero-order valence-electron chi connectivity index (χ0n) is 9.75. The van der Waals surface area contributed by atoms with Gasteiger partial charge in [0.05, 0.1) is 7.11 Å². The summed E-state index contributed by atoms with van der Waals surface area (Å²) in [7, 11) is 1.35. The third-order valence-electron chi connectivity index (χ3n) is 3.93. The van der Waals surface area contributed by atoms with Gasteiger partial charge in [-0.25, -0.2) is 9.18 Å². The number of hydrogen-bond donors (Lipinski definition) is 0. The SMILES string of the molecule is COC(=O)C1(C)OC12CCc1cc(F)ccc12. The molecule has 0 radical (unpaired) electrons. The van der Waals surface area contributed by atoms with E-state index >= 15 is 0 Å². The summed E-state index contributed by atoms with van der Waals surface area (Å²) < 4.78 is 23.6.